The first-order valence-electron chi connectivity index (χ1n) is 8.58. The fourth-order valence-corrected chi connectivity index (χ4v) is 9.99. The first-order chi connectivity index (χ1) is 12.0. The van der Waals surface area contributed by atoms with Crippen LogP contribution >= 0.6 is 31.1 Å². The minimum Gasteiger partial charge on any atom is -0.513 e. The molecule has 7 heteroatoms. The van der Waals surface area contributed by atoms with Gasteiger partial charge in [0.05, 0.1) is 19.0 Å². The molecule has 1 fully saturated rings. The third-order valence-corrected chi connectivity index (χ3v) is 11.2. The van der Waals surface area contributed by atoms with E-state index < -0.39 is 11.4 Å². The van der Waals surface area contributed by atoms with E-state index in [0.29, 0.717) is 13.2 Å². The molecule has 0 amide bonds. The molecule has 1 aliphatic rings. The fraction of sp³-hybridized carbons (Fsp3) is 0.556. The van der Waals surface area contributed by atoms with E-state index in [0.717, 1.165) is 23.5 Å². The highest BCUT2D eigenvalue weighted by Gasteiger charge is 2.58. The number of benzene rings is 1. The van der Waals surface area contributed by atoms with E-state index in [1.54, 1.807) is 36.5 Å². The second-order valence-corrected chi connectivity index (χ2v) is 11.5. The maximum absolute atomic E-state index is 13.9. The first-order valence-corrected chi connectivity index (χ1v) is 12.1. The third-order valence-electron chi connectivity index (χ3n) is 3.85. The van der Waals surface area contributed by atoms with Crippen molar-refractivity contribution < 1.29 is 18.7 Å². The predicted molar refractivity (Wildman–Crippen MR) is 109 cm³/mol. The molecule has 0 bridgehead atoms. The van der Waals surface area contributed by atoms with Crippen LogP contribution in [0.25, 0.3) is 0 Å². The average Bonchev–Trinajstić information content (AvgIpc) is 2.61. The normalized spacial score (nSPS) is 19.6. The zero-order valence-corrected chi connectivity index (χ0v) is 17.5. The van der Waals surface area contributed by atoms with Crippen molar-refractivity contribution in [2.45, 2.75) is 36.9 Å². The Labute approximate surface area is 159 Å². The molecule has 0 radical (unpaired) electrons. The summed E-state index contributed by atoms with van der Waals surface area (Å²) in [6.07, 6.45) is 2.84. The highest BCUT2D eigenvalue weighted by atomic mass is 32.2. The zero-order chi connectivity index (χ0) is 18.3. The van der Waals surface area contributed by atoms with Crippen molar-refractivity contribution >= 4 is 31.1 Å². The summed E-state index contributed by atoms with van der Waals surface area (Å²) >= 11 is 3.27. The molecule has 25 heavy (non-hydrogen) atoms. The van der Waals surface area contributed by atoms with Gasteiger partial charge in [0, 0.05) is 5.92 Å². The lowest BCUT2D eigenvalue weighted by atomic mass is 10.00. The maximum Gasteiger partial charge on any atom is 0.357 e. The maximum atomic E-state index is 13.9. The Morgan fingerprint density at radius 2 is 1.80 bits per heavy atom. The van der Waals surface area contributed by atoms with Gasteiger partial charge in [-0.1, -0.05) is 30.3 Å². The van der Waals surface area contributed by atoms with Crippen molar-refractivity contribution in [2.75, 3.05) is 24.7 Å². The summed E-state index contributed by atoms with van der Waals surface area (Å²) < 4.78 is 24.6. The molecule has 1 atom stereocenters. The Bertz CT molecular complexity index is 601. The molecule has 1 heterocycles. The van der Waals surface area contributed by atoms with Crippen LogP contribution in [0.1, 0.15) is 38.7 Å². The van der Waals surface area contributed by atoms with Gasteiger partial charge in [0.2, 0.25) is 0 Å². The lowest BCUT2D eigenvalue weighted by molar-refractivity contribution is 0.214. The van der Waals surface area contributed by atoms with Crippen molar-refractivity contribution in [1.82, 2.24) is 0 Å². The monoisotopic (exact) mass is 402 g/mol. The van der Waals surface area contributed by atoms with Gasteiger partial charge in [-0.25, -0.2) is 0 Å². The Kier molecular flexibility index (Phi) is 7.96. The lowest BCUT2D eigenvalue weighted by Crippen LogP contribution is -2.34. The summed E-state index contributed by atoms with van der Waals surface area (Å²) in [6.45, 7) is 5.96. The van der Waals surface area contributed by atoms with E-state index in [9.17, 15) is 9.67 Å². The highest BCUT2D eigenvalue weighted by molar-refractivity contribution is 8.25. The lowest BCUT2D eigenvalue weighted by Gasteiger charge is -2.44. The topological polar surface area (TPSA) is 55.8 Å². The summed E-state index contributed by atoms with van der Waals surface area (Å²) in [6, 6.07) is 9.88. The molecule has 1 aromatic rings. The summed E-state index contributed by atoms with van der Waals surface area (Å²) in [5, 5.41) is 10.0. The number of thioether (sulfide) groups is 2. The second kappa shape index (κ2) is 9.52. The zero-order valence-electron chi connectivity index (χ0n) is 15.0. The number of rotatable bonds is 8. The van der Waals surface area contributed by atoms with Crippen LogP contribution in [-0.4, -0.2) is 33.6 Å². The third kappa shape index (κ3) is 4.67. The van der Waals surface area contributed by atoms with Gasteiger partial charge >= 0.3 is 7.60 Å². The Hall–Kier alpha value is -0.390. The van der Waals surface area contributed by atoms with Gasteiger partial charge in [-0.3, -0.25) is 4.57 Å². The van der Waals surface area contributed by atoms with Gasteiger partial charge in [-0.15, -0.1) is 23.5 Å². The Balaban J connectivity index is 2.62. The number of aliphatic hydroxyl groups is 1. The molecule has 0 aromatic heterocycles. The van der Waals surface area contributed by atoms with Gasteiger partial charge in [0.25, 0.3) is 0 Å². The van der Waals surface area contributed by atoms with Gasteiger partial charge < -0.3 is 14.2 Å². The Morgan fingerprint density at radius 3 is 2.28 bits per heavy atom. The van der Waals surface area contributed by atoms with Gasteiger partial charge in [0.1, 0.15) is 0 Å². The van der Waals surface area contributed by atoms with Crippen molar-refractivity contribution in [1.29, 1.82) is 0 Å². The van der Waals surface area contributed by atoms with Crippen LogP contribution in [0.15, 0.2) is 42.2 Å². The molecule has 1 unspecified atom stereocenters. The average molecular weight is 403 g/mol. The fourth-order valence-electron chi connectivity index (χ4n) is 2.92. The predicted octanol–water partition coefficient (Wildman–Crippen LogP) is 6.02. The number of hydrogen-bond donors (Lipinski definition) is 1. The van der Waals surface area contributed by atoms with Crippen LogP contribution < -0.4 is 0 Å². The SMILES string of the molecule is CCOP(=O)(OCC)C1(C(/C=C(/C)O)c2ccccc2)SCCCS1. The van der Waals surface area contributed by atoms with E-state index >= 15 is 0 Å². The molecular weight excluding hydrogens is 375 g/mol. The van der Waals surface area contributed by atoms with E-state index in [-0.39, 0.29) is 11.7 Å². The van der Waals surface area contributed by atoms with Crippen molar-refractivity contribution in [2.24, 2.45) is 0 Å². The number of aliphatic hydroxyl groups excluding tert-OH is 1. The molecule has 1 aromatic carbocycles. The van der Waals surface area contributed by atoms with E-state index in [4.69, 9.17) is 9.05 Å². The molecule has 4 nitrogen and oxygen atoms in total. The quantitative estimate of drug-likeness (QED) is 0.424. The molecule has 0 aliphatic carbocycles. The van der Waals surface area contributed by atoms with E-state index in [1.165, 1.54) is 0 Å². The minimum atomic E-state index is -3.43. The van der Waals surface area contributed by atoms with Crippen molar-refractivity contribution in [3.63, 3.8) is 0 Å². The first kappa shape index (κ1) is 20.9. The summed E-state index contributed by atoms with van der Waals surface area (Å²) in [4.78, 5) is 0. The molecule has 1 saturated heterocycles. The molecule has 0 spiro atoms. The van der Waals surface area contributed by atoms with Crippen LogP contribution in [0.4, 0.5) is 0 Å². The standard InChI is InChI=1S/C18H27O4PS2/c1-4-21-23(20,22-5-2)18(24-12-9-13-25-18)17(14-15(3)19)16-10-7-6-8-11-16/h6-8,10-11,14,17,19H,4-5,9,12-13H2,1-3H3/b15-14-. The van der Waals surface area contributed by atoms with E-state index in [1.807, 2.05) is 44.2 Å². The van der Waals surface area contributed by atoms with Gasteiger partial charge in [-0.05, 0) is 50.3 Å². The van der Waals surface area contributed by atoms with Gasteiger partial charge in [-0.2, -0.15) is 0 Å². The summed E-state index contributed by atoms with van der Waals surface area (Å²) in [5.41, 5.74) is 0.998. The molecular formula is C18H27O4PS2. The van der Waals surface area contributed by atoms with Crippen LogP contribution in [-0.2, 0) is 13.6 Å². The van der Waals surface area contributed by atoms with Crippen molar-refractivity contribution in [3.05, 3.63) is 47.7 Å². The van der Waals surface area contributed by atoms with Crippen LogP contribution in [0.5, 0.6) is 0 Å². The number of hydrogen-bond acceptors (Lipinski definition) is 6. The highest BCUT2D eigenvalue weighted by Crippen LogP contribution is 2.75. The molecule has 0 saturated carbocycles. The Morgan fingerprint density at radius 1 is 1.24 bits per heavy atom. The van der Waals surface area contributed by atoms with Gasteiger partial charge in [0.15, 0.2) is 3.82 Å². The molecule has 1 N–H and O–H groups in total. The van der Waals surface area contributed by atoms with Crippen LogP contribution in [0.3, 0.4) is 0 Å². The molecule has 140 valence electrons. The molecule has 2 rings (SSSR count). The van der Waals surface area contributed by atoms with Crippen LogP contribution in [0.2, 0.25) is 0 Å². The summed E-state index contributed by atoms with van der Waals surface area (Å²) in [5.74, 6) is 1.70. The summed E-state index contributed by atoms with van der Waals surface area (Å²) in [7, 11) is -3.43. The minimum absolute atomic E-state index is 0.208. The van der Waals surface area contributed by atoms with Crippen LogP contribution in [0, 0.1) is 0 Å². The smallest absolute Gasteiger partial charge is 0.357 e. The van der Waals surface area contributed by atoms with E-state index in [2.05, 4.69) is 0 Å². The second-order valence-electron chi connectivity index (χ2n) is 5.71. The van der Waals surface area contributed by atoms with Crippen molar-refractivity contribution in [3.8, 4) is 0 Å². The molecule has 1 aliphatic heterocycles. The largest absolute Gasteiger partial charge is 0.513 e. The number of allylic oxidation sites excluding steroid dienone is 2.